The van der Waals surface area contributed by atoms with Crippen LogP contribution in [0.4, 0.5) is 0 Å². The number of benzene rings is 2. The molecule has 0 aliphatic carbocycles. The zero-order chi connectivity index (χ0) is 22.7. The Balaban J connectivity index is 1.55. The number of amides is 2. The van der Waals surface area contributed by atoms with E-state index in [-0.39, 0.29) is 18.4 Å². The average Bonchev–Trinajstić information content (AvgIpc) is 3.25. The number of fused-ring (bicyclic) bond motifs is 1. The molecule has 0 saturated carbocycles. The van der Waals surface area contributed by atoms with Crippen LogP contribution in [0, 0.1) is 5.92 Å². The van der Waals surface area contributed by atoms with Crippen LogP contribution >= 0.6 is 24.0 Å². The molecule has 1 N–H and O–H groups in total. The smallest absolute Gasteiger partial charge is 0.266 e. The molecule has 0 atom stereocenters. The molecule has 5 nitrogen and oxygen atoms in total. The average molecular weight is 464 g/mol. The van der Waals surface area contributed by atoms with Crippen molar-refractivity contribution in [1.82, 2.24) is 14.8 Å². The standard InChI is InChI=1S/C25H25N3O2S2/c1-17(2)14-28-24(30)22(32-25(28)31)12-19-15-27(21-11-7-6-10-20(19)21)16-23(29)26-13-18-8-4-3-5-9-18/h3-12,15,17H,13-14,16H2,1-2H3,(H,26,29)/b22-12-. The van der Waals surface area contributed by atoms with Gasteiger partial charge in [0.05, 0.1) is 4.91 Å². The normalized spacial score (nSPS) is 15.3. The topological polar surface area (TPSA) is 54.3 Å². The molecular weight excluding hydrogens is 438 g/mol. The predicted octanol–water partition coefficient (Wildman–Crippen LogP) is 4.81. The van der Waals surface area contributed by atoms with Crippen molar-refractivity contribution < 1.29 is 9.59 Å². The first-order valence-corrected chi connectivity index (χ1v) is 11.8. The molecule has 2 heterocycles. The monoisotopic (exact) mass is 463 g/mol. The molecule has 1 aliphatic heterocycles. The molecule has 0 unspecified atom stereocenters. The van der Waals surface area contributed by atoms with Crippen LogP contribution in [0.2, 0.25) is 0 Å². The lowest BCUT2D eigenvalue weighted by molar-refractivity contribution is -0.123. The SMILES string of the molecule is CC(C)CN1C(=O)/C(=C/c2cn(CC(=O)NCc3ccccc3)c3ccccc23)SC1=S. The summed E-state index contributed by atoms with van der Waals surface area (Å²) < 4.78 is 2.52. The summed E-state index contributed by atoms with van der Waals surface area (Å²) in [7, 11) is 0. The van der Waals surface area contributed by atoms with E-state index in [1.807, 2.05) is 71.4 Å². The van der Waals surface area contributed by atoms with Gasteiger partial charge >= 0.3 is 0 Å². The van der Waals surface area contributed by atoms with Crippen molar-refractivity contribution in [2.45, 2.75) is 26.9 Å². The third-order valence-electron chi connectivity index (χ3n) is 5.17. The minimum absolute atomic E-state index is 0.0499. The molecule has 2 aromatic carbocycles. The molecular formula is C25H25N3O2S2. The van der Waals surface area contributed by atoms with Crippen LogP contribution in [0.1, 0.15) is 25.0 Å². The number of thiocarbonyl (C=S) groups is 1. The van der Waals surface area contributed by atoms with Gasteiger partial charge < -0.3 is 9.88 Å². The summed E-state index contributed by atoms with van der Waals surface area (Å²) in [5.41, 5.74) is 2.91. The molecule has 32 heavy (non-hydrogen) atoms. The summed E-state index contributed by atoms with van der Waals surface area (Å²) in [4.78, 5) is 27.8. The molecule has 7 heteroatoms. The van der Waals surface area contributed by atoms with Gasteiger partial charge in [-0.15, -0.1) is 0 Å². The van der Waals surface area contributed by atoms with Crippen LogP contribution < -0.4 is 5.32 Å². The van der Waals surface area contributed by atoms with Gasteiger partial charge in [0.1, 0.15) is 10.9 Å². The number of hydrogen-bond donors (Lipinski definition) is 1. The molecule has 3 aromatic rings. The first kappa shape index (κ1) is 22.3. The molecule has 1 saturated heterocycles. The summed E-state index contributed by atoms with van der Waals surface area (Å²) in [6.07, 6.45) is 3.82. The minimum atomic E-state index is -0.0654. The number of nitrogens with zero attached hydrogens (tertiary/aromatic N) is 2. The highest BCUT2D eigenvalue weighted by molar-refractivity contribution is 8.26. The van der Waals surface area contributed by atoms with E-state index in [0.29, 0.717) is 28.2 Å². The quantitative estimate of drug-likeness (QED) is 0.403. The first-order valence-electron chi connectivity index (χ1n) is 10.6. The first-order chi connectivity index (χ1) is 15.4. The van der Waals surface area contributed by atoms with Crippen molar-refractivity contribution in [3.63, 3.8) is 0 Å². The predicted molar refractivity (Wildman–Crippen MR) is 135 cm³/mol. The molecule has 1 fully saturated rings. The van der Waals surface area contributed by atoms with Gasteiger partial charge in [-0.05, 0) is 23.6 Å². The molecule has 0 spiro atoms. The fourth-order valence-electron chi connectivity index (χ4n) is 3.69. The van der Waals surface area contributed by atoms with Gasteiger partial charge in [-0.3, -0.25) is 14.5 Å². The van der Waals surface area contributed by atoms with Crippen LogP contribution in [0.15, 0.2) is 65.7 Å². The van der Waals surface area contributed by atoms with Gasteiger partial charge in [0.25, 0.3) is 5.91 Å². The zero-order valence-electron chi connectivity index (χ0n) is 18.1. The van der Waals surface area contributed by atoms with Crippen molar-refractivity contribution in [3.05, 3.63) is 76.8 Å². The molecule has 1 aliphatic rings. The second kappa shape index (κ2) is 9.71. The summed E-state index contributed by atoms with van der Waals surface area (Å²) in [5, 5.41) is 3.97. The Morgan fingerprint density at radius 3 is 2.59 bits per heavy atom. The van der Waals surface area contributed by atoms with Crippen LogP contribution in [-0.2, 0) is 22.7 Å². The van der Waals surface area contributed by atoms with E-state index < -0.39 is 0 Å². The fraction of sp³-hybridized carbons (Fsp3) is 0.240. The van der Waals surface area contributed by atoms with Crippen molar-refractivity contribution in [3.8, 4) is 0 Å². The van der Waals surface area contributed by atoms with Crippen molar-refractivity contribution in [2.24, 2.45) is 5.92 Å². The number of carbonyl (C=O) groups is 2. The van der Waals surface area contributed by atoms with Crippen molar-refractivity contribution in [1.29, 1.82) is 0 Å². The van der Waals surface area contributed by atoms with Gasteiger partial charge in [0.2, 0.25) is 5.91 Å². The van der Waals surface area contributed by atoms with Crippen LogP contribution in [-0.4, -0.2) is 32.1 Å². The van der Waals surface area contributed by atoms with Crippen molar-refractivity contribution in [2.75, 3.05) is 6.54 Å². The van der Waals surface area contributed by atoms with Gasteiger partial charge in [0.15, 0.2) is 0 Å². The Hall–Kier alpha value is -2.90. The number of thioether (sulfide) groups is 1. The summed E-state index contributed by atoms with van der Waals surface area (Å²) in [6, 6.07) is 17.7. The Kier molecular flexibility index (Phi) is 6.77. The maximum atomic E-state index is 12.9. The molecule has 0 bridgehead atoms. The molecule has 0 radical (unpaired) electrons. The van der Waals surface area contributed by atoms with E-state index in [9.17, 15) is 9.59 Å². The van der Waals surface area contributed by atoms with Gasteiger partial charge in [0, 0.05) is 35.8 Å². The number of carbonyl (C=O) groups excluding carboxylic acids is 2. The number of nitrogens with one attached hydrogen (secondary N) is 1. The van der Waals surface area contributed by atoms with Crippen LogP contribution in [0.3, 0.4) is 0 Å². The number of hydrogen-bond acceptors (Lipinski definition) is 4. The van der Waals surface area contributed by atoms with Gasteiger partial charge in [-0.2, -0.15) is 0 Å². The van der Waals surface area contributed by atoms with Crippen LogP contribution in [0.5, 0.6) is 0 Å². The van der Waals surface area contributed by atoms with E-state index in [1.165, 1.54) is 11.8 Å². The summed E-state index contributed by atoms with van der Waals surface area (Å²) in [5.74, 6) is 0.226. The van der Waals surface area contributed by atoms with Crippen molar-refractivity contribution >= 4 is 57.1 Å². The zero-order valence-corrected chi connectivity index (χ0v) is 19.7. The maximum absolute atomic E-state index is 12.9. The van der Waals surface area contributed by atoms with Crippen LogP contribution in [0.25, 0.3) is 17.0 Å². The highest BCUT2D eigenvalue weighted by Crippen LogP contribution is 2.34. The van der Waals surface area contributed by atoms with E-state index in [2.05, 4.69) is 19.2 Å². The highest BCUT2D eigenvalue weighted by atomic mass is 32.2. The fourth-order valence-corrected chi connectivity index (χ4v) is 4.96. The lowest BCUT2D eigenvalue weighted by Crippen LogP contribution is -2.31. The third-order valence-corrected chi connectivity index (χ3v) is 6.55. The molecule has 1 aromatic heterocycles. The Morgan fingerprint density at radius 2 is 1.84 bits per heavy atom. The maximum Gasteiger partial charge on any atom is 0.266 e. The van der Waals surface area contributed by atoms with E-state index in [0.717, 1.165) is 22.0 Å². The number of para-hydroxylation sites is 1. The number of aromatic nitrogens is 1. The largest absolute Gasteiger partial charge is 0.350 e. The van der Waals surface area contributed by atoms with E-state index >= 15 is 0 Å². The Bertz CT molecular complexity index is 1200. The second-order valence-corrected chi connectivity index (χ2v) is 9.85. The van der Waals surface area contributed by atoms with E-state index in [1.54, 1.807) is 4.90 Å². The Morgan fingerprint density at radius 1 is 1.12 bits per heavy atom. The Labute approximate surface area is 197 Å². The summed E-state index contributed by atoms with van der Waals surface area (Å²) in [6.45, 7) is 5.45. The highest BCUT2D eigenvalue weighted by Gasteiger charge is 2.32. The number of rotatable bonds is 7. The van der Waals surface area contributed by atoms with Gasteiger partial charge in [-0.1, -0.05) is 86.4 Å². The molecule has 164 valence electrons. The lowest BCUT2D eigenvalue weighted by Gasteiger charge is -2.16. The lowest BCUT2D eigenvalue weighted by atomic mass is 10.1. The van der Waals surface area contributed by atoms with Gasteiger partial charge in [-0.25, -0.2) is 0 Å². The third kappa shape index (κ3) is 4.95. The molecule has 4 rings (SSSR count). The molecule has 2 amide bonds. The minimum Gasteiger partial charge on any atom is -0.350 e. The summed E-state index contributed by atoms with van der Waals surface area (Å²) >= 11 is 6.76. The van der Waals surface area contributed by atoms with E-state index in [4.69, 9.17) is 12.2 Å². The second-order valence-electron chi connectivity index (χ2n) is 8.18.